The van der Waals surface area contributed by atoms with Gasteiger partial charge in [0.05, 0.1) is 6.10 Å². The Hall–Kier alpha value is -0.650. The lowest BCUT2D eigenvalue weighted by atomic mass is 9.71. The second-order valence-corrected chi connectivity index (χ2v) is 4.65. The van der Waals surface area contributed by atoms with Crippen molar-refractivity contribution in [3.63, 3.8) is 0 Å². The molecular weight excluding hydrogens is 231 g/mol. The summed E-state index contributed by atoms with van der Waals surface area (Å²) in [5, 5.41) is 0. The zero-order valence-electron chi connectivity index (χ0n) is 8.05. The summed E-state index contributed by atoms with van der Waals surface area (Å²) in [7, 11) is 0. The van der Waals surface area contributed by atoms with Crippen LogP contribution in [0.2, 0.25) is 0 Å². The Kier molecular flexibility index (Phi) is 1.82. The van der Waals surface area contributed by atoms with Crippen LogP contribution in [0.25, 0.3) is 0 Å². The Morgan fingerprint density at radius 2 is 1.81 bits per heavy atom. The van der Waals surface area contributed by atoms with E-state index in [2.05, 4.69) is 4.74 Å². The first-order valence-electron chi connectivity index (χ1n) is 5.09. The molecule has 5 atom stereocenters. The first-order chi connectivity index (χ1) is 7.38. The first-order valence-corrected chi connectivity index (χ1v) is 5.09. The van der Waals surface area contributed by atoms with E-state index in [1.54, 1.807) is 12.2 Å². The van der Waals surface area contributed by atoms with Crippen LogP contribution in [-0.2, 0) is 4.74 Å². The highest BCUT2D eigenvalue weighted by Crippen LogP contribution is 2.64. The van der Waals surface area contributed by atoms with E-state index < -0.39 is 36.1 Å². The van der Waals surface area contributed by atoms with Crippen molar-refractivity contribution in [2.24, 2.45) is 17.8 Å². The van der Waals surface area contributed by atoms with Crippen molar-refractivity contribution in [1.82, 2.24) is 0 Å². The molecule has 0 aromatic heterocycles. The quantitative estimate of drug-likeness (QED) is 0.506. The van der Waals surface area contributed by atoms with E-state index in [-0.39, 0.29) is 5.92 Å². The zero-order chi connectivity index (χ0) is 11.7. The normalized spacial score (nSPS) is 49.6. The van der Waals surface area contributed by atoms with Crippen molar-refractivity contribution in [3.05, 3.63) is 12.2 Å². The van der Waals surface area contributed by atoms with Gasteiger partial charge in [-0.1, -0.05) is 12.2 Å². The van der Waals surface area contributed by atoms with Crippen molar-refractivity contribution in [2.75, 3.05) is 0 Å². The number of halogens is 5. The number of alkyl halides is 5. The third-order valence-electron chi connectivity index (χ3n) is 3.98. The average molecular weight is 240 g/mol. The molecule has 2 bridgehead atoms. The van der Waals surface area contributed by atoms with Gasteiger partial charge in [-0.05, 0) is 12.3 Å². The molecule has 0 amide bonds. The fourth-order valence-electron chi connectivity index (χ4n) is 3.31. The van der Waals surface area contributed by atoms with E-state index >= 15 is 0 Å². The van der Waals surface area contributed by atoms with E-state index in [9.17, 15) is 22.0 Å². The third-order valence-corrected chi connectivity index (χ3v) is 3.98. The number of rotatable bonds is 1. The van der Waals surface area contributed by atoms with Gasteiger partial charge in [0.25, 0.3) is 6.43 Å². The standard InChI is InChI=1S/C10H9F5O/c11-8(12)9(10(13,14)15)6-4-1-2-5(3-4)7(6)16-9/h1-2,4-8H,3H2/t4-,5+,6+,7-,9?/m0/s1. The van der Waals surface area contributed by atoms with E-state index in [4.69, 9.17) is 0 Å². The van der Waals surface area contributed by atoms with E-state index in [1.807, 2.05) is 0 Å². The second-order valence-electron chi connectivity index (χ2n) is 4.65. The molecule has 1 aliphatic heterocycles. The lowest BCUT2D eigenvalue weighted by molar-refractivity contribution is -0.416. The van der Waals surface area contributed by atoms with E-state index in [1.165, 1.54) is 0 Å². The van der Waals surface area contributed by atoms with Crippen LogP contribution in [0.3, 0.4) is 0 Å². The minimum Gasteiger partial charge on any atom is -0.356 e. The largest absolute Gasteiger partial charge is 0.423 e. The Morgan fingerprint density at radius 3 is 2.31 bits per heavy atom. The highest BCUT2D eigenvalue weighted by molar-refractivity contribution is 5.25. The van der Waals surface area contributed by atoms with Crippen molar-refractivity contribution < 1.29 is 26.7 Å². The van der Waals surface area contributed by atoms with Crippen molar-refractivity contribution in [1.29, 1.82) is 0 Å². The molecule has 1 saturated carbocycles. The monoisotopic (exact) mass is 240 g/mol. The number of allylic oxidation sites excluding steroid dienone is 1. The average Bonchev–Trinajstić information content (AvgIpc) is 2.56. The molecule has 6 heteroatoms. The van der Waals surface area contributed by atoms with Gasteiger partial charge >= 0.3 is 6.18 Å². The molecule has 0 spiro atoms. The van der Waals surface area contributed by atoms with Crippen molar-refractivity contribution in [2.45, 2.75) is 30.7 Å². The van der Waals surface area contributed by atoms with Crippen LogP contribution >= 0.6 is 0 Å². The number of hydrogen-bond donors (Lipinski definition) is 0. The molecule has 2 aliphatic carbocycles. The van der Waals surface area contributed by atoms with Gasteiger partial charge in [-0.15, -0.1) is 0 Å². The van der Waals surface area contributed by atoms with Gasteiger partial charge < -0.3 is 4.74 Å². The Bertz CT molecular complexity index is 350. The predicted molar refractivity (Wildman–Crippen MR) is 43.9 cm³/mol. The minimum absolute atomic E-state index is 0.107. The zero-order valence-corrected chi connectivity index (χ0v) is 8.05. The van der Waals surface area contributed by atoms with Gasteiger partial charge in [0, 0.05) is 11.8 Å². The summed E-state index contributed by atoms with van der Waals surface area (Å²) >= 11 is 0. The third kappa shape index (κ3) is 0.948. The van der Waals surface area contributed by atoms with Crippen molar-refractivity contribution >= 4 is 0 Å². The second kappa shape index (κ2) is 2.78. The topological polar surface area (TPSA) is 9.23 Å². The number of ether oxygens (including phenoxy) is 1. The van der Waals surface area contributed by atoms with Gasteiger partial charge in [-0.25, -0.2) is 8.78 Å². The molecule has 2 fully saturated rings. The van der Waals surface area contributed by atoms with Crippen LogP contribution in [0, 0.1) is 17.8 Å². The van der Waals surface area contributed by atoms with Crippen LogP contribution < -0.4 is 0 Å². The van der Waals surface area contributed by atoms with Crippen LogP contribution in [0.4, 0.5) is 22.0 Å². The molecule has 3 aliphatic rings. The summed E-state index contributed by atoms with van der Waals surface area (Å²) in [4.78, 5) is 0. The summed E-state index contributed by atoms with van der Waals surface area (Å²) in [5.74, 6) is -1.61. The molecule has 1 nitrogen and oxygen atoms in total. The Labute approximate surface area is 88.3 Å². The molecule has 0 aromatic rings. The lowest BCUT2D eigenvalue weighted by Gasteiger charge is -2.55. The summed E-state index contributed by atoms with van der Waals surface area (Å²) in [5.41, 5.74) is -3.22. The molecule has 90 valence electrons. The van der Waals surface area contributed by atoms with Gasteiger partial charge in [0.2, 0.25) is 5.60 Å². The highest BCUT2D eigenvalue weighted by Gasteiger charge is 2.79. The number of fused-ring (bicyclic) bond motifs is 5. The number of hydrogen-bond acceptors (Lipinski definition) is 1. The molecule has 0 N–H and O–H groups in total. The SMILES string of the molecule is FC(F)C1(C(F)(F)F)O[C@@H]2[C@H]1[C@H]1C=C[C@@H]2C1. The summed E-state index contributed by atoms with van der Waals surface area (Å²) in [6.45, 7) is 0. The Balaban J connectivity index is 1.98. The van der Waals surface area contributed by atoms with Gasteiger partial charge in [-0.2, -0.15) is 13.2 Å². The fraction of sp³-hybridized carbons (Fsp3) is 0.800. The lowest BCUT2D eigenvalue weighted by Crippen LogP contribution is -2.72. The fourth-order valence-corrected chi connectivity index (χ4v) is 3.31. The smallest absolute Gasteiger partial charge is 0.356 e. The van der Waals surface area contributed by atoms with Crippen LogP contribution in [0.15, 0.2) is 12.2 Å². The molecular formula is C10H9F5O. The minimum atomic E-state index is -5.00. The van der Waals surface area contributed by atoms with Gasteiger partial charge in [-0.3, -0.25) is 0 Å². The first kappa shape index (κ1) is 10.5. The van der Waals surface area contributed by atoms with Crippen molar-refractivity contribution in [3.8, 4) is 0 Å². The van der Waals surface area contributed by atoms with Gasteiger partial charge in [0.1, 0.15) is 0 Å². The molecule has 3 rings (SSSR count). The highest BCUT2D eigenvalue weighted by atomic mass is 19.4. The summed E-state index contributed by atoms with van der Waals surface area (Å²) in [6.07, 6.45) is -5.26. The molecule has 16 heavy (non-hydrogen) atoms. The molecule has 0 radical (unpaired) electrons. The maximum atomic E-state index is 12.7. The molecule has 1 heterocycles. The van der Waals surface area contributed by atoms with Crippen LogP contribution in [0.5, 0.6) is 0 Å². The predicted octanol–water partition coefficient (Wildman–Crippen LogP) is 2.77. The van der Waals surface area contributed by atoms with Crippen LogP contribution in [0.1, 0.15) is 6.42 Å². The van der Waals surface area contributed by atoms with E-state index in [0.29, 0.717) is 6.42 Å². The molecule has 0 aromatic carbocycles. The van der Waals surface area contributed by atoms with E-state index in [0.717, 1.165) is 0 Å². The summed E-state index contributed by atoms with van der Waals surface area (Å²) < 4.78 is 68.3. The summed E-state index contributed by atoms with van der Waals surface area (Å²) in [6, 6.07) is 0. The maximum Gasteiger partial charge on any atom is 0.423 e. The molecule has 1 unspecified atom stereocenters. The molecule has 1 saturated heterocycles. The maximum absolute atomic E-state index is 12.7. The van der Waals surface area contributed by atoms with Crippen LogP contribution in [-0.4, -0.2) is 24.3 Å². The van der Waals surface area contributed by atoms with Gasteiger partial charge in [0.15, 0.2) is 0 Å². The Morgan fingerprint density at radius 1 is 1.19 bits per heavy atom.